The molecule has 0 aliphatic heterocycles. The van der Waals surface area contributed by atoms with Gasteiger partial charge in [0.2, 0.25) is 0 Å². The van der Waals surface area contributed by atoms with Crippen LogP contribution in [0.4, 0.5) is 0 Å². The summed E-state index contributed by atoms with van der Waals surface area (Å²) < 4.78 is 6.78. The summed E-state index contributed by atoms with van der Waals surface area (Å²) in [4.78, 5) is 0. The Morgan fingerprint density at radius 1 is 1.35 bits per heavy atom. The van der Waals surface area contributed by atoms with Gasteiger partial charge in [-0.25, -0.2) is 0 Å². The molecule has 0 radical (unpaired) electrons. The monoisotopic (exact) mass is 299 g/mol. The second-order valence-electron chi connectivity index (χ2n) is 4.58. The largest absolute Gasteiger partial charge is 0.492 e. The molecule has 1 rings (SSSR count). The van der Waals surface area contributed by atoms with Crippen LogP contribution in [0, 0.1) is 5.92 Å². The summed E-state index contributed by atoms with van der Waals surface area (Å²) in [7, 11) is 0. The van der Waals surface area contributed by atoms with E-state index in [9.17, 15) is 0 Å². The Morgan fingerprint density at radius 2 is 2.12 bits per heavy atom. The standard InChI is InChI=1S/C14H22BrNO/c1-4-16-10-12-5-6-14(13(15)9-12)17-8-7-11(2)3/h5-6,9,11,16H,4,7-8,10H2,1-3H3. The molecular formula is C14H22BrNO. The topological polar surface area (TPSA) is 21.3 Å². The van der Waals surface area contributed by atoms with E-state index in [0.717, 1.165) is 36.3 Å². The second-order valence-corrected chi connectivity index (χ2v) is 5.43. The van der Waals surface area contributed by atoms with E-state index in [1.807, 2.05) is 6.07 Å². The van der Waals surface area contributed by atoms with Crippen LogP contribution in [0.25, 0.3) is 0 Å². The molecule has 0 fully saturated rings. The summed E-state index contributed by atoms with van der Waals surface area (Å²) in [5, 5.41) is 3.31. The molecule has 0 heterocycles. The van der Waals surface area contributed by atoms with Gasteiger partial charge in [0.05, 0.1) is 11.1 Å². The van der Waals surface area contributed by atoms with Crippen molar-refractivity contribution >= 4 is 15.9 Å². The van der Waals surface area contributed by atoms with Crippen molar-refractivity contribution in [3.05, 3.63) is 28.2 Å². The molecule has 0 aliphatic rings. The van der Waals surface area contributed by atoms with Crippen molar-refractivity contribution in [2.45, 2.75) is 33.7 Å². The van der Waals surface area contributed by atoms with Gasteiger partial charge in [-0.15, -0.1) is 0 Å². The van der Waals surface area contributed by atoms with Gasteiger partial charge in [-0.05, 0) is 52.5 Å². The highest BCUT2D eigenvalue weighted by molar-refractivity contribution is 9.10. The zero-order chi connectivity index (χ0) is 12.7. The van der Waals surface area contributed by atoms with Crippen LogP contribution in [-0.4, -0.2) is 13.2 Å². The summed E-state index contributed by atoms with van der Waals surface area (Å²) in [5.41, 5.74) is 1.27. The van der Waals surface area contributed by atoms with Crippen molar-refractivity contribution < 1.29 is 4.74 Å². The lowest BCUT2D eigenvalue weighted by molar-refractivity contribution is 0.288. The number of benzene rings is 1. The van der Waals surface area contributed by atoms with E-state index in [-0.39, 0.29) is 0 Å². The van der Waals surface area contributed by atoms with Gasteiger partial charge in [0, 0.05) is 6.54 Å². The minimum Gasteiger partial charge on any atom is -0.492 e. The van der Waals surface area contributed by atoms with E-state index in [1.54, 1.807) is 0 Å². The normalized spacial score (nSPS) is 10.9. The maximum absolute atomic E-state index is 5.74. The molecule has 1 N–H and O–H groups in total. The van der Waals surface area contributed by atoms with Gasteiger partial charge in [0.25, 0.3) is 0 Å². The highest BCUT2D eigenvalue weighted by Gasteiger charge is 2.03. The van der Waals surface area contributed by atoms with Crippen LogP contribution >= 0.6 is 15.9 Å². The number of ether oxygens (including phenoxy) is 1. The Balaban J connectivity index is 2.50. The lowest BCUT2D eigenvalue weighted by Crippen LogP contribution is -2.11. The molecule has 0 atom stereocenters. The number of nitrogens with one attached hydrogen (secondary N) is 1. The molecule has 0 saturated carbocycles. The Bertz CT molecular complexity index is 339. The molecule has 3 heteroatoms. The van der Waals surface area contributed by atoms with Gasteiger partial charge in [0.15, 0.2) is 0 Å². The predicted molar refractivity (Wildman–Crippen MR) is 76.5 cm³/mol. The van der Waals surface area contributed by atoms with E-state index in [4.69, 9.17) is 4.74 Å². The van der Waals surface area contributed by atoms with E-state index in [2.05, 4.69) is 54.2 Å². The van der Waals surface area contributed by atoms with Crippen LogP contribution in [-0.2, 0) is 6.54 Å². The first-order chi connectivity index (χ1) is 8.13. The fourth-order valence-corrected chi connectivity index (χ4v) is 1.99. The maximum Gasteiger partial charge on any atom is 0.133 e. The Morgan fingerprint density at radius 3 is 2.71 bits per heavy atom. The van der Waals surface area contributed by atoms with Crippen molar-refractivity contribution in [2.24, 2.45) is 5.92 Å². The molecule has 0 amide bonds. The van der Waals surface area contributed by atoms with Gasteiger partial charge in [-0.3, -0.25) is 0 Å². The van der Waals surface area contributed by atoms with Crippen LogP contribution in [0.15, 0.2) is 22.7 Å². The minimum absolute atomic E-state index is 0.682. The van der Waals surface area contributed by atoms with Crippen molar-refractivity contribution in [3.8, 4) is 5.75 Å². The molecular weight excluding hydrogens is 278 g/mol. The SMILES string of the molecule is CCNCc1ccc(OCCC(C)C)c(Br)c1. The Hall–Kier alpha value is -0.540. The summed E-state index contributed by atoms with van der Waals surface area (Å²) >= 11 is 3.55. The third-order valence-electron chi connectivity index (χ3n) is 2.53. The third kappa shape index (κ3) is 5.55. The summed E-state index contributed by atoms with van der Waals surface area (Å²) in [6.45, 7) is 9.20. The molecule has 0 saturated heterocycles. The molecule has 17 heavy (non-hydrogen) atoms. The maximum atomic E-state index is 5.74. The molecule has 0 aliphatic carbocycles. The van der Waals surface area contributed by atoms with Gasteiger partial charge in [0.1, 0.15) is 5.75 Å². The molecule has 0 aromatic heterocycles. The first kappa shape index (κ1) is 14.5. The third-order valence-corrected chi connectivity index (χ3v) is 3.15. The van der Waals surface area contributed by atoms with Gasteiger partial charge in [-0.1, -0.05) is 26.8 Å². The van der Waals surface area contributed by atoms with Crippen molar-refractivity contribution in [3.63, 3.8) is 0 Å². The average Bonchev–Trinajstić information content (AvgIpc) is 2.28. The highest BCUT2D eigenvalue weighted by Crippen LogP contribution is 2.26. The molecule has 96 valence electrons. The molecule has 0 spiro atoms. The Kier molecular flexibility index (Phi) is 6.60. The lowest BCUT2D eigenvalue weighted by Gasteiger charge is -2.11. The second kappa shape index (κ2) is 7.72. The first-order valence-corrected chi connectivity index (χ1v) is 7.04. The van der Waals surface area contributed by atoms with Crippen LogP contribution < -0.4 is 10.1 Å². The first-order valence-electron chi connectivity index (χ1n) is 6.25. The average molecular weight is 300 g/mol. The molecule has 1 aromatic rings. The van der Waals surface area contributed by atoms with E-state index < -0.39 is 0 Å². The van der Waals surface area contributed by atoms with Gasteiger partial charge < -0.3 is 10.1 Å². The zero-order valence-corrected chi connectivity index (χ0v) is 12.5. The predicted octanol–water partition coefficient (Wildman–Crippen LogP) is 3.98. The lowest BCUT2D eigenvalue weighted by atomic mass is 10.1. The fourth-order valence-electron chi connectivity index (χ4n) is 1.45. The van der Waals surface area contributed by atoms with Crippen molar-refractivity contribution in [1.82, 2.24) is 5.32 Å². The fraction of sp³-hybridized carbons (Fsp3) is 0.571. The quantitative estimate of drug-likeness (QED) is 0.822. The summed E-state index contributed by atoms with van der Waals surface area (Å²) in [6.07, 6.45) is 1.09. The number of hydrogen-bond acceptors (Lipinski definition) is 2. The van der Waals surface area contributed by atoms with Crippen molar-refractivity contribution in [1.29, 1.82) is 0 Å². The smallest absolute Gasteiger partial charge is 0.133 e. The van der Waals surface area contributed by atoms with Crippen LogP contribution in [0.1, 0.15) is 32.8 Å². The minimum atomic E-state index is 0.682. The molecule has 2 nitrogen and oxygen atoms in total. The van der Waals surface area contributed by atoms with Gasteiger partial charge >= 0.3 is 0 Å². The highest BCUT2D eigenvalue weighted by atomic mass is 79.9. The van der Waals surface area contributed by atoms with Crippen LogP contribution in [0.5, 0.6) is 5.75 Å². The summed E-state index contributed by atoms with van der Waals surface area (Å²) in [5.74, 6) is 1.62. The Labute approximate surface area is 113 Å². The number of rotatable bonds is 7. The van der Waals surface area contributed by atoms with E-state index in [1.165, 1.54) is 5.56 Å². The van der Waals surface area contributed by atoms with Crippen molar-refractivity contribution in [2.75, 3.05) is 13.2 Å². The van der Waals surface area contributed by atoms with E-state index >= 15 is 0 Å². The van der Waals surface area contributed by atoms with E-state index in [0.29, 0.717) is 5.92 Å². The molecule has 0 bridgehead atoms. The zero-order valence-electron chi connectivity index (χ0n) is 10.9. The number of halogens is 1. The molecule has 0 unspecified atom stereocenters. The summed E-state index contributed by atoms with van der Waals surface area (Å²) in [6, 6.07) is 6.27. The van der Waals surface area contributed by atoms with Gasteiger partial charge in [-0.2, -0.15) is 0 Å². The molecule has 1 aromatic carbocycles. The number of hydrogen-bond donors (Lipinski definition) is 1. The van der Waals surface area contributed by atoms with Crippen LogP contribution in [0.2, 0.25) is 0 Å². The van der Waals surface area contributed by atoms with Crippen LogP contribution in [0.3, 0.4) is 0 Å².